The van der Waals surface area contributed by atoms with Crippen molar-refractivity contribution in [3.63, 3.8) is 0 Å². The number of halogens is 1. The third kappa shape index (κ3) is 5.50. The Labute approximate surface area is 200 Å². The summed E-state index contributed by atoms with van der Waals surface area (Å²) in [6, 6.07) is 15.9. The van der Waals surface area contributed by atoms with Crippen LogP contribution in [0.2, 0.25) is 0 Å². The summed E-state index contributed by atoms with van der Waals surface area (Å²) in [7, 11) is 0. The molecule has 1 aliphatic heterocycles. The number of piperazine rings is 1. The summed E-state index contributed by atoms with van der Waals surface area (Å²) in [6.07, 6.45) is 3.84. The molecule has 1 aromatic heterocycles. The van der Waals surface area contributed by atoms with E-state index in [1.165, 1.54) is 5.56 Å². The second kappa shape index (κ2) is 11.0. The third-order valence-corrected chi connectivity index (χ3v) is 7.48. The molecule has 1 fully saturated rings. The fraction of sp³-hybridized carbons (Fsp3) is 0.407. The SMILES string of the molecule is CCC(CC)C(=O)Cc1ccc(N2CCN(C(c3ccccc3)c3nccs3)CC2)c(F)c1. The molecule has 1 unspecified atom stereocenters. The molecule has 1 aliphatic rings. The highest BCUT2D eigenvalue weighted by Crippen LogP contribution is 2.32. The molecule has 0 N–H and O–H groups in total. The van der Waals surface area contributed by atoms with Gasteiger partial charge in [0.25, 0.3) is 0 Å². The summed E-state index contributed by atoms with van der Waals surface area (Å²) < 4.78 is 15.0. The van der Waals surface area contributed by atoms with Gasteiger partial charge < -0.3 is 4.90 Å². The van der Waals surface area contributed by atoms with E-state index in [1.54, 1.807) is 17.4 Å². The summed E-state index contributed by atoms with van der Waals surface area (Å²) in [5.41, 5.74) is 2.62. The van der Waals surface area contributed by atoms with E-state index in [1.807, 2.05) is 43.6 Å². The zero-order valence-corrected chi connectivity index (χ0v) is 20.2. The van der Waals surface area contributed by atoms with Crippen LogP contribution in [0.1, 0.15) is 48.9 Å². The number of hydrogen-bond acceptors (Lipinski definition) is 5. The van der Waals surface area contributed by atoms with Crippen molar-refractivity contribution in [3.8, 4) is 0 Å². The highest BCUT2D eigenvalue weighted by molar-refractivity contribution is 7.09. The number of hydrogen-bond donors (Lipinski definition) is 0. The number of aromatic nitrogens is 1. The van der Waals surface area contributed by atoms with Gasteiger partial charge in [0.2, 0.25) is 0 Å². The van der Waals surface area contributed by atoms with Gasteiger partial charge in [0.05, 0.1) is 11.7 Å². The van der Waals surface area contributed by atoms with E-state index in [2.05, 4.69) is 39.0 Å². The van der Waals surface area contributed by atoms with E-state index in [0.717, 1.165) is 49.6 Å². The smallest absolute Gasteiger partial charge is 0.146 e. The van der Waals surface area contributed by atoms with Crippen LogP contribution < -0.4 is 4.90 Å². The number of nitrogens with zero attached hydrogens (tertiary/aromatic N) is 3. The van der Waals surface area contributed by atoms with Crippen molar-refractivity contribution < 1.29 is 9.18 Å². The van der Waals surface area contributed by atoms with Gasteiger partial charge in [0, 0.05) is 50.1 Å². The predicted molar refractivity (Wildman–Crippen MR) is 133 cm³/mol. The van der Waals surface area contributed by atoms with Crippen LogP contribution >= 0.6 is 11.3 Å². The van der Waals surface area contributed by atoms with Crippen LogP contribution in [-0.4, -0.2) is 41.8 Å². The minimum Gasteiger partial charge on any atom is -0.367 e. The van der Waals surface area contributed by atoms with E-state index in [4.69, 9.17) is 0 Å². The summed E-state index contributed by atoms with van der Waals surface area (Å²) in [5.74, 6) is 0.0314. The lowest BCUT2D eigenvalue weighted by atomic mass is 9.93. The van der Waals surface area contributed by atoms with E-state index < -0.39 is 0 Å². The maximum atomic E-state index is 15.0. The minimum absolute atomic E-state index is 0.0659. The minimum atomic E-state index is -0.238. The monoisotopic (exact) mass is 465 g/mol. The van der Waals surface area contributed by atoms with Gasteiger partial charge in [-0.05, 0) is 36.1 Å². The molecule has 6 heteroatoms. The number of ketones is 1. The number of Topliss-reactive ketones (excluding diaryl/α,β-unsaturated/α-hetero) is 1. The Morgan fingerprint density at radius 3 is 2.39 bits per heavy atom. The van der Waals surface area contributed by atoms with Crippen LogP contribution in [0.4, 0.5) is 10.1 Å². The van der Waals surface area contributed by atoms with Gasteiger partial charge >= 0.3 is 0 Å². The number of carbonyl (C=O) groups excluding carboxylic acids is 1. The largest absolute Gasteiger partial charge is 0.367 e. The zero-order valence-electron chi connectivity index (χ0n) is 19.4. The first-order valence-corrected chi connectivity index (χ1v) is 12.7. The van der Waals surface area contributed by atoms with Gasteiger partial charge in [0.1, 0.15) is 16.6 Å². The van der Waals surface area contributed by atoms with Crippen molar-refractivity contribution in [2.75, 3.05) is 31.1 Å². The van der Waals surface area contributed by atoms with E-state index in [9.17, 15) is 4.79 Å². The zero-order chi connectivity index (χ0) is 23.2. The molecule has 33 heavy (non-hydrogen) atoms. The highest BCUT2D eigenvalue weighted by Gasteiger charge is 2.29. The summed E-state index contributed by atoms with van der Waals surface area (Å²) >= 11 is 1.68. The lowest BCUT2D eigenvalue weighted by molar-refractivity contribution is -0.122. The molecule has 4 rings (SSSR count). The van der Waals surface area contributed by atoms with Crippen LogP contribution in [0.15, 0.2) is 60.1 Å². The second-order valence-electron chi connectivity index (χ2n) is 8.65. The molecule has 174 valence electrons. The lowest BCUT2D eigenvalue weighted by Crippen LogP contribution is -2.48. The fourth-order valence-electron chi connectivity index (χ4n) is 4.74. The molecule has 0 aliphatic carbocycles. The van der Waals surface area contributed by atoms with Crippen molar-refractivity contribution in [2.24, 2.45) is 5.92 Å². The first-order valence-electron chi connectivity index (χ1n) is 11.8. The maximum Gasteiger partial charge on any atom is 0.146 e. The molecule has 3 aromatic rings. The van der Waals surface area contributed by atoms with Gasteiger partial charge in [-0.3, -0.25) is 9.69 Å². The Balaban J connectivity index is 1.43. The molecule has 0 saturated carbocycles. The van der Waals surface area contributed by atoms with Crippen LogP contribution in [-0.2, 0) is 11.2 Å². The molecule has 0 radical (unpaired) electrons. The molecule has 0 amide bonds. The first-order chi connectivity index (χ1) is 16.1. The van der Waals surface area contributed by atoms with Gasteiger partial charge in [-0.1, -0.05) is 50.2 Å². The van der Waals surface area contributed by atoms with Crippen molar-refractivity contribution in [1.82, 2.24) is 9.88 Å². The number of benzene rings is 2. The van der Waals surface area contributed by atoms with Gasteiger partial charge in [-0.15, -0.1) is 11.3 Å². The molecule has 0 spiro atoms. The average Bonchev–Trinajstić information content (AvgIpc) is 3.36. The molecule has 2 heterocycles. The number of thiazole rings is 1. The predicted octanol–water partition coefficient (Wildman–Crippen LogP) is 5.74. The van der Waals surface area contributed by atoms with Crippen LogP contribution in [0, 0.1) is 11.7 Å². The van der Waals surface area contributed by atoms with Gasteiger partial charge in [0.15, 0.2) is 0 Å². The standard InChI is InChI=1S/C27H32FN3OS/c1-3-21(4-2)25(32)19-20-10-11-24(23(28)18-20)30-13-15-31(16-14-30)26(27-29-12-17-33-27)22-8-6-5-7-9-22/h5-12,17-18,21,26H,3-4,13-16,19H2,1-2H3. The number of rotatable bonds is 9. The molecule has 4 nitrogen and oxygen atoms in total. The Hall–Kier alpha value is -2.57. The lowest BCUT2D eigenvalue weighted by Gasteiger charge is -2.40. The topological polar surface area (TPSA) is 36.4 Å². The van der Waals surface area contributed by atoms with E-state index >= 15 is 4.39 Å². The van der Waals surface area contributed by atoms with Gasteiger partial charge in [-0.25, -0.2) is 9.37 Å². The molecular weight excluding hydrogens is 433 g/mol. The Morgan fingerprint density at radius 2 is 1.79 bits per heavy atom. The summed E-state index contributed by atoms with van der Waals surface area (Å²) in [5, 5.41) is 3.11. The molecular formula is C27H32FN3OS. The van der Waals surface area contributed by atoms with Gasteiger partial charge in [-0.2, -0.15) is 0 Å². The van der Waals surface area contributed by atoms with Crippen molar-refractivity contribution in [1.29, 1.82) is 0 Å². The van der Waals surface area contributed by atoms with Crippen molar-refractivity contribution in [2.45, 2.75) is 39.2 Å². The number of anilines is 1. The Bertz CT molecular complexity index is 1030. The fourth-order valence-corrected chi connectivity index (χ4v) is 5.54. The van der Waals surface area contributed by atoms with Crippen molar-refractivity contribution >= 4 is 22.8 Å². The van der Waals surface area contributed by atoms with E-state index in [0.29, 0.717) is 12.1 Å². The van der Waals surface area contributed by atoms with Crippen molar-refractivity contribution in [3.05, 3.63) is 82.1 Å². The third-order valence-electron chi connectivity index (χ3n) is 6.65. The molecule has 0 bridgehead atoms. The Morgan fingerprint density at radius 1 is 1.06 bits per heavy atom. The molecule has 1 saturated heterocycles. The van der Waals surface area contributed by atoms with Crippen LogP contribution in [0.5, 0.6) is 0 Å². The first kappa shape index (κ1) is 23.6. The summed E-state index contributed by atoms with van der Waals surface area (Å²) in [4.78, 5) is 21.6. The summed E-state index contributed by atoms with van der Waals surface area (Å²) in [6.45, 7) is 7.22. The van der Waals surface area contributed by atoms with Crippen LogP contribution in [0.25, 0.3) is 0 Å². The second-order valence-corrected chi connectivity index (χ2v) is 9.57. The highest BCUT2D eigenvalue weighted by atomic mass is 32.1. The maximum absolute atomic E-state index is 15.0. The average molecular weight is 466 g/mol. The molecule has 2 aromatic carbocycles. The van der Waals surface area contributed by atoms with E-state index in [-0.39, 0.29) is 23.6 Å². The Kier molecular flexibility index (Phi) is 7.89. The normalized spacial score (nSPS) is 15.7. The molecule has 1 atom stereocenters. The quantitative estimate of drug-likeness (QED) is 0.404. The number of carbonyl (C=O) groups is 1. The van der Waals surface area contributed by atoms with Crippen LogP contribution in [0.3, 0.4) is 0 Å².